The minimum Gasteiger partial charge on any atom is -0.359 e. The third-order valence-corrected chi connectivity index (χ3v) is 2.56. The van der Waals surface area contributed by atoms with Crippen LogP contribution in [0.2, 0.25) is 0 Å². The Morgan fingerprint density at radius 1 is 1.50 bits per heavy atom. The second kappa shape index (κ2) is 7.06. The standard InChI is InChI=1S/C12H21N3O/c1-3-14-10-11-6-4-8-15(11)9-5-7-12(16)13-2/h4,6,8,14H,3,5,7,9-10H2,1-2H3,(H,13,16). The molecule has 0 aliphatic rings. The monoisotopic (exact) mass is 223 g/mol. The summed E-state index contributed by atoms with van der Waals surface area (Å²) in [5.41, 5.74) is 1.28. The Hall–Kier alpha value is -1.29. The molecule has 0 unspecified atom stereocenters. The van der Waals surface area contributed by atoms with E-state index in [4.69, 9.17) is 0 Å². The molecule has 0 spiro atoms. The molecule has 0 saturated carbocycles. The molecule has 2 N–H and O–H groups in total. The number of amides is 1. The maximum atomic E-state index is 11.1. The quantitative estimate of drug-likeness (QED) is 0.727. The third-order valence-electron chi connectivity index (χ3n) is 2.56. The van der Waals surface area contributed by atoms with Gasteiger partial charge < -0.3 is 15.2 Å². The molecule has 1 aromatic rings. The molecule has 1 heterocycles. The highest BCUT2D eigenvalue weighted by atomic mass is 16.1. The van der Waals surface area contributed by atoms with Crippen LogP contribution >= 0.6 is 0 Å². The smallest absolute Gasteiger partial charge is 0.219 e. The second-order valence-corrected chi connectivity index (χ2v) is 3.75. The first-order valence-corrected chi connectivity index (χ1v) is 5.83. The highest BCUT2D eigenvalue weighted by Gasteiger charge is 2.01. The van der Waals surface area contributed by atoms with Crippen molar-refractivity contribution < 1.29 is 4.79 Å². The first-order valence-electron chi connectivity index (χ1n) is 5.83. The fourth-order valence-corrected chi connectivity index (χ4v) is 1.62. The van der Waals surface area contributed by atoms with Crippen molar-refractivity contribution in [3.63, 3.8) is 0 Å². The third kappa shape index (κ3) is 4.06. The number of carbonyl (C=O) groups is 1. The molecule has 4 nitrogen and oxygen atoms in total. The Morgan fingerprint density at radius 2 is 2.31 bits per heavy atom. The van der Waals surface area contributed by atoms with E-state index in [1.807, 2.05) is 6.07 Å². The highest BCUT2D eigenvalue weighted by Crippen LogP contribution is 2.04. The van der Waals surface area contributed by atoms with Gasteiger partial charge in [-0.2, -0.15) is 0 Å². The minimum absolute atomic E-state index is 0.111. The number of carbonyl (C=O) groups excluding carboxylic acids is 1. The van der Waals surface area contributed by atoms with Gasteiger partial charge in [0.2, 0.25) is 5.91 Å². The summed E-state index contributed by atoms with van der Waals surface area (Å²) < 4.78 is 2.20. The van der Waals surface area contributed by atoms with E-state index in [9.17, 15) is 4.79 Å². The summed E-state index contributed by atoms with van der Waals surface area (Å²) in [6.07, 6.45) is 3.54. The van der Waals surface area contributed by atoms with Gasteiger partial charge in [-0.1, -0.05) is 6.92 Å². The summed E-state index contributed by atoms with van der Waals surface area (Å²) in [5.74, 6) is 0.111. The summed E-state index contributed by atoms with van der Waals surface area (Å²) in [6, 6.07) is 4.16. The van der Waals surface area contributed by atoms with Gasteiger partial charge in [-0.3, -0.25) is 4.79 Å². The fraction of sp³-hybridized carbons (Fsp3) is 0.583. The van der Waals surface area contributed by atoms with Crippen LogP contribution < -0.4 is 10.6 Å². The van der Waals surface area contributed by atoms with E-state index >= 15 is 0 Å². The molecule has 0 bridgehead atoms. The van der Waals surface area contributed by atoms with Gasteiger partial charge in [0, 0.05) is 38.4 Å². The summed E-state index contributed by atoms with van der Waals surface area (Å²) in [5, 5.41) is 5.93. The highest BCUT2D eigenvalue weighted by molar-refractivity contribution is 5.75. The zero-order valence-electron chi connectivity index (χ0n) is 10.1. The second-order valence-electron chi connectivity index (χ2n) is 3.75. The van der Waals surface area contributed by atoms with Crippen molar-refractivity contribution in [1.29, 1.82) is 0 Å². The van der Waals surface area contributed by atoms with Gasteiger partial charge in [-0.05, 0) is 25.1 Å². The van der Waals surface area contributed by atoms with Crippen molar-refractivity contribution in [2.45, 2.75) is 32.9 Å². The predicted octanol–water partition coefficient (Wildman–Crippen LogP) is 1.12. The maximum Gasteiger partial charge on any atom is 0.219 e. The van der Waals surface area contributed by atoms with E-state index in [2.05, 4.69) is 34.4 Å². The number of hydrogen-bond acceptors (Lipinski definition) is 2. The lowest BCUT2D eigenvalue weighted by molar-refractivity contribution is -0.120. The Morgan fingerprint density at radius 3 is 3.00 bits per heavy atom. The van der Waals surface area contributed by atoms with Gasteiger partial charge in [0.25, 0.3) is 0 Å². The summed E-state index contributed by atoms with van der Waals surface area (Å²) >= 11 is 0. The molecule has 4 heteroatoms. The molecule has 0 fully saturated rings. The van der Waals surface area contributed by atoms with E-state index in [-0.39, 0.29) is 5.91 Å². The number of rotatable bonds is 7. The average molecular weight is 223 g/mol. The van der Waals surface area contributed by atoms with Crippen LogP contribution in [0.4, 0.5) is 0 Å². The number of nitrogens with zero attached hydrogens (tertiary/aromatic N) is 1. The SMILES string of the molecule is CCNCc1cccn1CCCC(=O)NC. The Balaban J connectivity index is 2.35. The number of aryl methyl sites for hydroxylation is 1. The van der Waals surface area contributed by atoms with Gasteiger partial charge in [0.15, 0.2) is 0 Å². The topological polar surface area (TPSA) is 46.1 Å². The fourth-order valence-electron chi connectivity index (χ4n) is 1.62. The molecule has 0 radical (unpaired) electrons. The van der Waals surface area contributed by atoms with Gasteiger partial charge >= 0.3 is 0 Å². The van der Waals surface area contributed by atoms with E-state index in [0.717, 1.165) is 26.1 Å². The van der Waals surface area contributed by atoms with Crippen molar-refractivity contribution in [2.24, 2.45) is 0 Å². The summed E-state index contributed by atoms with van der Waals surface area (Å²) in [6.45, 7) is 4.87. The average Bonchev–Trinajstić information content (AvgIpc) is 2.73. The van der Waals surface area contributed by atoms with Crippen LogP contribution in [0.5, 0.6) is 0 Å². The van der Waals surface area contributed by atoms with Gasteiger partial charge in [0.1, 0.15) is 0 Å². The summed E-state index contributed by atoms with van der Waals surface area (Å²) in [7, 11) is 1.68. The van der Waals surface area contributed by atoms with Crippen LogP contribution in [0.15, 0.2) is 18.3 Å². The van der Waals surface area contributed by atoms with Crippen LogP contribution in [0, 0.1) is 0 Å². The zero-order valence-corrected chi connectivity index (χ0v) is 10.1. The van der Waals surface area contributed by atoms with Gasteiger partial charge in [-0.25, -0.2) is 0 Å². The molecular formula is C12H21N3O. The van der Waals surface area contributed by atoms with E-state index < -0.39 is 0 Å². The number of aromatic nitrogens is 1. The molecule has 0 aliphatic heterocycles. The van der Waals surface area contributed by atoms with Crippen LogP contribution in [0.3, 0.4) is 0 Å². The maximum absolute atomic E-state index is 11.1. The Bertz CT molecular complexity index is 320. The van der Waals surface area contributed by atoms with Crippen LogP contribution in [0.1, 0.15) is 25.5 Å². The van der Waals surface area contributed by atoms with Gasteiger partial charge in [0.05, 0.1) is 0 Å². The van der Waals surface area contributed by atoms with Crippen LogP contribution in [0.25, 0.3) is 0 Å². The van der Waals surface area contributed by atoms with Crippen LogP contribution in [-0.2, 0) is 17.9 Å². The predicted molar refractivity (Wildman–Crippen MR) is 65.1 cm³/mol. The number of nitrogens with one attached hydrogen (secondary N) is 2. The Kier molecular flexibility index (Phi) is 5.64. The largest absolute Gasteiger partial charge is 0.359 e. The molecule has 16 heavy (non-hydrogen) atoms. The lowest BCUT2D eigenvalue weighted by Gasteiger charge is -2.09. The molecule has 0 atom stereocenters. The zero-order chi connectivity index (χ0) is 11.8. The molecular weight excluding hydrogens is 202 g/mol. The molecule has 0 saturated heterocycles. The molecule has 90 valence electrons. The normalized spacial score (nSPS) is 10.4. The molecule has 0 aliphatic carbocycles. The van der Waals surface area contributed by atoms with Crippen molar-refractivity contribution in [3.8, 4) is 0 Å². The first kappa shape index (κ1) is 12.8. The minimum atomic E-state index is 0.111. The van der Waals surface area contributed by atoms with Crippen molar-refractivity contribution in [3.05, 3.63) is 24.0 Å². The van der Waals surface area contributed by atoms with Crippen molar-refractivity contribution >= 4 is 5.91 Å². The first-order chi connectivity index (χ1) is 7.77. The van der Waals surface area contributed by atoms with E-state index in [1.54, 1.807) is 7.05 Å². The molecule has 1 aromatic heterocycles. The van der Waals surface area contributed by atoms with Crippen molar-refractivity contribution in [2.75, 3.05) is 13.6 Å². The van der Waals surface area contributed by atoms with E-state index in [1.165, 1.54) is 5.69 Å². The number of hydrogen-bond donors (Lipinski definition) is 2. The summed E-state index contributed by atoms with van der Waals surface area (Å²) in [4.78, 5) is 11.1. The lowest BCUT2D eigenvalue weighted by Crippen LogP contribution is -2.18. The lowest BCUT2D eigenvalue weighted by atomic mass is 10.3. The Labute approximate surface area is 97.0 Å². The van der Waals surface area contributed by atoms with Gasteiger partial charge in [-0.15, -0.1) is 0 Å². The molecule has 1 amide bonds. The van der Waals surface area contributed by atoms with Crippen LogP contribution in [-0.4, -0.2) is 24.1 Å². The molecule has 1 rings (SSSR count). The molecule has 0 aromatic carbocycles. The van der Waals surface area contributed by atoms with Crippen molar-refractivity contribution in [1.82, 2.24) is 15.2 Å². The van der Waals surface area contributed by atoms with E-state index in [0.29, 0.717) is 6.42 Å².